The Morgan fingerprint density at radius 3 is 2.26 bits per heavy atom. The van der Waals surface area contributed by atoms with Crippen molar-refractivity contribution in [3.63, 3.8) is 0 Å². The minimum Gasteiger partial charge on any atom is -0.478 e. The highest BCUT2D eigenvalue weighted by Crippen LogP contribution is 2.54. The number of amides is 1. The monoisotopic (exact) mass is 393 g/mol. The highest BCUT2D eigenvalue weighted by Gasteiger charge is 2.55. The fourth-order valence-corrected chi connectivity index (χ4v) is 4.23. The molecule has 0 bridgehead atoms. The van der Waals surface area contributed by atoms with E-state index in [-0.39, 0.29) is 23.8 Å². The zero-order valence-corrected chi connectivity index (χ0v) is 16.9. The Morgan fingerprint density at radius 2 is 1.70 bits per heavy atom. The summed E-state index contributed by atoms with van der Waals surface area (Å²) in [5, 5.41) is 3.76. The van der Waals surface area contributed by atoms with E-state index in [0.717, 1.165) is 25.7 Å². The lowest BCUT2D eigenvalue weighted by molar-refractivity contribution is -0.145. The molecule has 6 heteroatoms. The lowest BCUT2D eigenvalue weighted by atomic mass is 10.0. The van der Waals surface area contributed by atoms with E-state index in [9.17, 15) is 9.59 Å². The summed E-state index contributed by atoms with van der Waals surface area (Å²) in [7, 11) is 0. The third-order valence-corrected chi connectivity index (χ3v) is 5.91. The van der Waals surface area contributed by atoms with Crippen molar-refractivity contribution in [1.29, 1.82) is 0 Å². The quantitative estimate of drug-likeness (QED) is 0.742. The topological polar surface area (TPSA) is 64.6 Å². The first-order valence-electron chi connectivity index (χ1n) is 9.74. The highest BCUT2D eigenvalue weighted by molar-refractivity contribution is 6.30. The lowest BCUT2D eigenvalue weighted by Crippen LogP contribution is -2.50. The standard InChI is InChI=1S/C21H28ClNO4/c1-4-26-19(24)18-16-11-7-14(8-12-17(16)18)23-20(25)21(2,3)27-15-9-5-13(22)6-10-15/h5-6,9-10,14,16-18H,4,7-8,11-12H2,1-3H3,(H,23,25)/t14?,16-,17+,18?. The van der Waals surface area contributed by atoms with Gasteiger partial charge in [0.1, 0.15) is 5.75 Å². The van der Waals surface area contributed by atoms with Gasteiger partial charge >= 0.3 is 5.97 Å². The van der Waals surface area contributed by atoms with E-state index in [2.05, 4.69) is 5.32 Å². The number of benzene rings is 1. The molecule has 1 aromatic rings. The number of nitrogens with one attached hydrogen (secondary N) is 1. The van der Waals surface area contributed by atoms with Crippen LogP contribution in [0.15, 0.2) is 24.3 Å². The Labute approximate surface area is 165 Å². The molecule has 148 valence electrons. The summed E-state index contributed by atoms with van der Waals surface area (Å²) < 4.78 is 11.0. The average Bonchev–Trinajstić information content (AvgIpc) is 3.34. The second kappa shape index (κ2) is 8.09. The van der Waals surface area contributed by atoms with E-state index in [1.54, 1.807) is 38.1 Å². The van der Waals surface area contributed by atoms with Crippen LogP contribution < -0.4 is 10.1 Å². The molecule has 27 heavy (non-hydrogen) atoms. The fraction of sp³-hybridized carbons (Fsp3) is 0.619. The van der Waals surface area contributed by atoms with Crippen molar-refractivity contribution < 1.29 is 19.1 Å². The van der Waals surface area contributed by atoms with Gasteiger partial charge in [-0.05, 0) is 82.6 Å². The Bertz CT molecular complexity index is 674. The number of halogens is 1. The van der Waals surface area contributed by atoms with E-state index in [4.69, 9.17) is 21.1 Å². The number of ether oxygens (including phenoxy) is 2. The van der Waals surface area contributed by atoms with Crippen LogP contribution in [0.4, 0.5) is 0 Å². The first-order valence-corrected chi connectivity index (χ1v) is 10.1. The Hall–Kier alpha value is -1.75. The molecule has 0 saturated heterocycles. The van der Waals surface area contributed by atoms with Crippen LogP contribution in [0.3, 0.4) is 0 Å². The largest absolute Gasteiger partial charge is 0.478 e. The van der Waals surface area contributed by atoms with Crippen LogP contribution in [0.5, 0.6) is 5.75 Å². The number of carbonyl (C=O) groups is 2. The summed E-state index contributed by atoms with van der Waals surface area (Å²) in [6.07, 6.45) is 3.69. The molecule has 2 aliphatic carbocycles. The maximum atomic E-state index is 12.7. The molecule has 3 rings (SSSR count). The van der Waals surface area contributed by atoms with Crippen LogP contribution in [0.1, 0.15) is 46.5 Å². The van der Waals surface area contributed by atoms with Gasteiger partial charge in [0.25, 0.3) is 5.91 Å². The Morgan fingerprint density at radius 1 is 1.11 bits per heavy atom. The van der Waals surface area contributed by atoms with E-state index in [1.807, 2.05) is 6.92 Å². The van der Waals surface area contributed by atoms with Gasteiger partial charge in [0.05, 0.1) is 12.5 Å². The first-order chi connectivity index (χ1) is 12.8. The maximum absolute atomic E-state index is 12.7. The predicted molar refractivity (Wildman–Crippen MR) is 104 cm³/mol. The van der Waals surface area contributed by atoms with Crippen LogP contribution in [0, 0.1) is 17.8 Å². The molecule has 0 radical (unpaired) electrons. The van der Waals surface area contributed by atoms with Crippen molar-refractivity contribution in [2.45, 2.75) is 58.1 Å². The summed E-state index contributed by atoms with van der Waals surface area (Å²) in [5.74, 6) is 1.35. The smallest absolute Gasteiger partial charge is 0.309 e. The summed E-state index contributed by atoms with van der Waals surface area (Å²) >= 11 is 5.89. The van der Waals surface area contributed by atoms with Gasteiger partial charge in [-0.1, -0.05) is 11.6 Å². The minimum atomic E-state index is -0.976. The molecule has 2 saturated carbocycles. The molecule has 2 fully saturated rings. The summed E-state index contributed by atoms with van der Waals surface area (Å²) in [6.45, 7) is 5.82. The summed E-state index contributed by atoms with van der Waals surface area (Å²) in [6, 6.07) is 7.12. The third kappa shape index (κ3) is 4.75. The molecule has 5 nitrogen and oxygen atoms in total. The van der Waals surface area contributed by atoms with Crippen LogP contribution in [-0.2, 0) is 14.3 Å². The highest BCUT2D eigenvalue weighted by atomic mass is 35.5. The summed E-state index contributed by atoms with van der Waals surface area (Å²) in [4.78, 5) is 24.7. The number of hydrogen-bond donors (Lipinski definition) is 1. The zero-order chi connectivity index (χ0) is 19.6. The second-order valence-electron chi connectivity index (χ2n) is 8.00. The van der Waals surface area contributed by atoms with Crippen molar-refractivity contribution in [2.75, 3.05) is 6.61 Å². The van der Waals surface area contributed by atoms with Gasteiger partial charge < -0.3 is 14.8 Å². The van der Waals surface area contributed by atoms with Gasteiger partial charge in [-0.25, -0.2) is 0 Å². The van der Waals surface area contributed by atoms with Crippen molar-refractivity contribution in [3.05, 3.63) is 29.3 Å². The molecule has 0 aromatic heterocycles. The van der Waals surface area contributed by atoms with Crippen molar-refractivity contribution >= 4 is 23.5 Å². The normalized spacial score (nSPS) is 27.1. The molecular weight excluding hydrogens is 366 g/mol. The molecule has 0 spiro atoms. The molecule has 1 aromatic carbocycles. The molecule has 0 aliphatic heterocycles. The molecule has 1 N–H and O–H groups in total. The number of rotatable bonds is 6. The van der Waals surface area contributed by atoms with Crippen LogP contribution in [-0.4, -0.2) is 30.1 Å². The Kier molecular flexibility index (Phi) is 5.99. The summed E-state index contributed by atoms with van der Waals surface area (Å²) in [5.41, 5.74) is -0.976. The number of carbonyl (C=O) groups excluding carboxylic acids is 2. The number of hydrogen-bond acceptors (Lipinski definition) is 4. The lowest BCUT2D eigenvalue weighted by Gasteiger charge is -2.28. The molecule has 2 unspecified atom stereocenters. The zero-order valence-electron chi connectivity index (χ0n) is 16.2. The molecule has 2 aliphatic rings. The third-order valence-electron chi connectivity index (χ3n) is 5.66. The van der Waals surface area contributed by atoms with Gasteiger partial charge in [0, 0.05) is 11.1 Å². The van der Waals surface area contributed by atoms with Crippen molar-refractivity contribution in [2.24, 2.45) is 17.8 Å². The number of esters is 1. The van der Waals surface area contributed by atoms with Gasteiger partial charge in [-0.2, -0.15) is 0 Å². The van der Waals surface area contributed by atoms with Gasteiger partial charge in [-0.3, -0.25) is 9.59 Å². The second-order valence-corrected chi connectivity index (χ2v) is 8.43. The first kappa shape index (κ1) is 20.0. The minimum absolute atomic E-state index is 0.0486. The van der Waals surface area contributed by atoms with E-state index in [0.29, 0.717) is 29.2 Å². The average molecular weight is 394 g/mol. The van der Waals surface area contributed by atoms with Crippen LogP contribution >= 0.6 is 11.6 Å². The molecule has 1 amide bonds. The van der Waals surface area contributed by atoms with Crippen LogP contribution in [0.2, 0.25) is 5.02 Å². The van der Waals surface area contributed by atoms with E-state index in [1.165, 1.54) is 0 Å². The fourth-order valence-electron chi connectivity index (χ4n) is 4.10. The van der Waals surface area contributed by atoms with Gasteiger partial charge in [0.15, 0.2) is 5.60 Å². The predicted octanol–water partition coefficient (Wildman–Crippen LogP) is 3.98. The van der Waals surface area contributed by atoms with Crippen LogP contribution in [0.25, 0.3) is 0 Å². The van der Waals surface area contributed by atoms with Gasteiger partial charge in [-0.15, -0.1) is 0 Å². The SMILES string of the molecule is CCOC(=O)C1[C@H]2CCC(NC(=O)C(C)(C)Oc3ccc(Cl)cc3)CC[C@@H]12. The maximum Gasteiger partial charge on any atom is 0.309 e. The molecule has 0 heterocycles. The van der Waals surface area contributed by atoms with Crippen molar-refractivity contribution in [3.8, 4) is 5.75 Å². The number of fused-ring (bicyclic) bond motifs is 1. The van der Waals surface area contributed by atoms with Gasteiger partial charge in [0.2, 0.25) is 0 Å². The van der Waals surface area contributed by atoms with E-state index < -0.39 is 5.60 Å². The molecular formula is C21H28ClNO4. The van der Waals surface area contributed by atoms with E-state index >= 15 is 0 Å². The molecule has 4 atom stereocenters. The Balaban J connectivity index is 1.50. The van der Waals surface area contributed by atoms with Crippen molar-refractivity contribution in [1.82, 2.24) is 5.32 Å².